The van der Waals surface area contributed by atoms with Crippen molar-refractivity contribution >= 4 is 21.6 Å². The van der Waals surface area contributed by atoms with E-state index in [9.17, 15) is 0 Å². The lowest BCUT2D eigenvalue weighted by molar-refractivity contribution is 0.735. The molecule has 3 N–H and O–H groups in total. The van der Waals surface area contributed by atoms with Crippen LogP contribution in [0.15, 0.2) is 36.8 Å². The number of thiophene rings is 1. The quantitative estimate of drug-likeness (QED) is 0.732. The predicted octanol–water partition coefficient (Wildman–Crippen LogP) is 2.81. The summed E-state index contributed by atoms with van der Waals surface area (Å²) in [6.45, 7) is 0. The van der Waals surface area contributed by atoms with Gasteiger partial charge in [0.2, 0.25) is 0 Å². The van der Waals surface area contributed by atoms with Crippen LogP contribution >= 0.6 is 11.3 Å². The van der Waals surface area contributed by atoms with Crippen LogP contribution in [0.3, 0.4) is 0 Å². The molecular formula is C13H15N3S. The van der Waals surface area contributed by atoms with Crippen LogP contribution in [-0.4, -0.2) is 9.55 Å². The van der Waals surface area contributed by atoms with Crippen molar-refractivity contribution < 1.29 is 0 Å². The summed E-state index contributed by atoms with van der Waals surface area (Å²) in [5.74, 6) is 0. The number of nitrogens with one attached hydrogen (secondary N) is 1. The zero-order valence-electron chi connectivity index (χ0n) is 9.68. The largest absolute Gasteiger partial charge is 0.357 e. The Morgan fingerprint density at radius 1 is 1.47 bits per heavy atom. The summed E-state index contributed by atoms with van der Waals surface area (Å²) in [4.78, 5) is 5.68. The summed E-state index contributed by atoms with van der Waals surface area (Å²) in [6.07, 6.45) is 7.04. The third-order valence-electron chi connectivity index (χ3n) is 2.97. The van der Waals surface area contributed by atoms with Crippen molar-refractivity contribution in [3.63, 3.8) is 0 Å². The Morgan fingerprint density at radius 3 is 3.06 bits per heavy atom. The Morgan fingerprint density at radius 2 is 2.35 bits per heavy atom. The number of hydrogen-bond acceptors (Lipinski definition) is 2. The molecule has 3 aromatic heterocycles. The minimum Gasteiger partial charge on any atom is -0.357 e. The molecule has 0 aliphatic rings. The number of fused-ring (bicyclic) bond motifs is 1. The highest BCUT2D eigenvalue weighted by Crippen LogP contribution is 2.29. The van der Waals surface area contributed by atoms with Gasteiger partial charge in [0.1, 0.15) is 0 Å². The van der Waals surface area contributed by atoms with E-state index in [4.69, 9.17) is 5.73 Å². The van der Waals surface area contributed by atoms with Gasteiger partial charge in [0.15, 0.2) is 0 Å². The second-order valence-electron chi connectivity index (χ2n) is 4.41. The van der Waals surface area contributed by atoms with Gasteiger partial charge < -0.3 is 15.3 Å². The van der Waals surface area contributed by atoms with Crippen molar-refractivity contribution in [2.45, 2.75) is 12.5 Å². The van der Waals surface area contributed by atoms with Gasteiger partial charge in [-0.15, -0.1) is 11.3 Å². The third-order valence-corrected chi connectivity index (χ3v) is 4.19. The molecule has 0 aliphatic carbocycles. The second-order valence-corrected chi connectivity index (χ2v) is 5.49. The van der Waals surface area contributed by atoms with Crippen molar-refractivity contribution in [1.29, 1.82) is 0 Å². The molecule has 0 fully saturated rings. The van der Waals surface area contributed by atoms with Crippen molar-refractivity contribution in [3.05, 3.63) is 47.2 Å². The monoisotopic (exact) mass is 245 g/mol. The third kappa shape index (κ3) is 2.01. The molecule has 4 heteroatoms. The van der Waals surface area contributed by atoms with Crippen molar-refractivity contribution in [2.24, 2.45) is 12.8 Å². The molecule has 0 spiro atoms. The molecule has 3 heterocycles. The number of aromatic nitrogens is 2. The fourth-order valence-electron chi connectivity index (χ4n) is 2.09. The number of aryl methyl sites for hydroxylation is 1. The van der Waals surface area contributed by atoms with E-state index in [2.05, 4.69) is 40.1 Å². The summed E-state index contributed by atoms with van der Waals surface area (Å²) in [7, 11) is 2.03. The highest BCUT2D eigenvalue weighted by Gasteiger charge is 2.11. The molecule has 0 saturated carbocycles. The van der Waals surface area contributed by atoms with Crippen molar-refractivity contribution in [3.8, 4) is 0 Å². The molecule has 3 rings (SSSR count). The molecule has 0 aromatic carbocycles. The Hall–Kier alpha value is -1.52. The van der Waals surface area contributed by atoms with Gasteiger partial charge in [-0.25, -0.2) is 0 Å². The number of hydrogen-bond donors (Lipinski definition) is 2. The van der Waals surface area contributed by atoms with Gasteiger partial charge in [-0.3, -0.25) is 0 Å². The number of nitrogens with zero attached hydrogens (tertiary/aromatic N) is 1. The minimum atomic E-state index is 0.0863. The van der Waals surface area contributed by atoms with E-state index >= 15 is 0 Å². The molecule has 1 atom stereocenters. The SMILES string of the molecule is Cn1ccc(CC(N)c2cc3cc[nH]c3s2)c1. The lowest BCUT2D eigenvalue weighted by Crippen LogP contribution is -2.11. The van der Waals surface area contributed by atoms with Crippen LogP contribution in [0.2, 0.25) is 0 Å². The zero-order chi connectivity index (χ0) is 11.8. The molecule has 17 heavy (non-hydrogen) atoms. The summed E-state index contributed by atoms with van der Waals surface area (Å²) < 4.78 is 2.06. The molecule has 0 aliphatic heterocycles. The van der Waals surface area contributed by atoms with Crippen molar-refractivity contribution in [1.82, 2.24) is 9.55 Å². The van der Waals surface area contributed by atoms with Gasteiger partial charge in [0, 0.05) is 41.9 Å². The number of rotatable bonds is 3. The van der Waals surface area contributed by atoms with Gasteiger partial charge in [-0.2, -0.15) is 0 Å². The van der Waals surface area contributed by atoms with E-state index in [-0.39, 0.29) is 6.04 Å². The van der Waals surface area contributed by atoms with Crippen molar-refractivity contribution in [2.75, 3.05) is 0 Å². The van der Waals surface area contributed by atoms with Crippen LogP contribution in [-0.2, 0) is 13.5 Å². The van der Waals surface area contributed by atoms with E-state index in [1.54, 1.807) is 11.3 Å². The second kappa shape index (κ2) is 4.05. The first-order valence-corrected chi connectivity index (χ1v) is 6.47. The molecule has 3 aromatic rings. The number of nitrogens with two attached hydrogens (primary N) is 1. The molecule has 3 nitrogen and oxygen atoms in total. The van der Waals surface area contributed by atoms with E-state index in [0.29, 0.717) is 0 Å². The molecule has 0 amide bonds. The van der Waals surface area contributed by atoms with E-state index < -0.39 is 0 Å². The van der Waals surface area contributed by atoms with Crippen LogP contribution in [0.4, 0.5) is 0 Å². The smallest absolute Gasteiger partial charge is 0.0999 e. The predicted molar refractivity (Wildman–Crippen MR) is 72.2 cm³/mol. The first-order valence-electron chi connectivity index (χ1n) is 5.65. The number of aromatic amines is 1. The van der Waals surface area contributed by atoms with Gasteiger partial charge >= 0.3 is 0 Å². The Balaban J connectivity index is 1.82. The summed E-state index contributed by atoms with van der Waals surface area (Å²) in [5.41, 5.74) is 7.54. The standard InChI is InChI=1S/C13H15N3S/c1-16-5-3-9(8-16)6-11(14)12-7-10-2-4-15-13(10)17-12/h2-5,7-8,11,15H,6,14H2,1H3. The lowest BCUT2D eigenvalue weighted by atomic mass is 10.1. The normalized spacial score (nSPS) is 13.3. The Labute approximate surface area is 104 Å². The molecule has 1 unspecified atom stereocenters. The van der Waals surface area contributed by atoms with Gasteiger partial charge in [0.25, 0.3) is 0 Å². The first kappa shape index (κ1) is 10.6. The van der Waals surface area contributed by atoms with Gasteiger partial charge in [0.05, 0.1) is 4.83 Å². The minimum absolute atomic E-state index is 0.0863. The highest BCUT2D eigenvalue weighted by atomic mass is 32.1. The van der Waals surface area contributed by atoms with E-state index in [1.165, 1.54) is 20.7 Å². The van der Waals surface area contributed by atoms with Gasteiger partial charge in [-0.05, 0) is 30.2 Å². The first-order chi connectivity index (χ1) is 8.22. The molecule has 0 saturated heterocycles. The summed E-state index contributed by atoms with van der Waals surface area (Å²) >= 11 is 1.75. The summed E-state index contributed by atoms with van der Waals surface area (Å²) in [6, 6.07) is 6.48. The molecular weight excluding hydrogens is 230 g/mol. The average Bonchev–Trinajstić information content (AvgIpc) is 2.92. The topological polar surface area (TPSA) is 46.7 Å². The average molecular weight is 245 g/mol. The van der Waals surface area contributed by atoms with Crippen LogP contribution < -0.4 is 5.73 Å². The maximum atomic E-state index is 6.25. The maximum Gasteiger partial charge on any atom is 0.0999 e. The zero-order valence-corrected chi connectivity index (χ0v) is 10.5. The molecule has 0 radical (unpaired) electrons. The van der Waals surface area contributed by atoms with Crippen LogP contribution in [0.25, 0.3) is 10.2 Å². The fraction of sp³-hybridized carbons (Fsp3) is 0.231. The summed E-state index contributed by atoms with van der Waals surface area (Å²) in [5, 5.41) is 1.26. The number of H-pyrrole nitrogens is 1. The van der Waals surface area contributed by atoms with E-state index in [0.717, 1.165) is 6.42 Å². The molecule has 0 bridgehead atoms. The van der Waals surface area contributed by atoms with E-state index in [1.807, 2.05) is 13.2 Å². The van der Waals surface area contributed by atoms with Crippen LogP contribution in [0.5, 0.6) is 0 Å². The van der Waals surface area contributed by atoms with Gasteiger partial charge in [-0.1, -0.05) is 0 Å². The Kier molecular flexibility index (Phi) is 2.53. The highest BCUT2D eigenvalue weighted by molar-refractivity contribution is 7.18. The fourth-order valence-corrected chi connectivity index (χ4v) is 3.12. The Bertz CT molecular complexity index is 603. The van der Waals surface area contributed by atoms with Crippen LogP contribution in [0.1, 0.15) is 16.5 Å². The lowest BCUT2D eigenvalue weighted by Gasteiger charge is -2.07. The maximum absolute atomic E-state index is 6.25. The molecule has 88 valence electrons. The van der Waals surface area contributed by atoms with Crippen LogP contribution in [0, 0.1) is 0 Å².